The van der Waals surface area contributed by atoms with Crippen molar-refractivity contribution in [2.24, 2.45) is 0 Å². The number of tetrazole rings is 1. The molecule has 3 aromatic rings. The molecule has 11 nitrogen and oxygen atoms in total. The highest BCUT2D eigenvalue weighted by molar-refractivity contribution is 7.89. The SMILES string of the molecule is CCOc1ccc(-n2nnnc2CNS(=O)(=O)c2ccccc2[N+](=O)[O-])cc1. The van der Waals surface area contributed by atoms with Crippen LogP contribution in [-0.4, -0.2) is 40.2 Å². The molecule has 0 amide bonds. The molecule has 0 bridgehead atoms. The first kappa shape index (κ1) is 19.4. The van der Waals surface area contributed by atoms with Gasteiger partial charge in [0, 0.05) is 6.07 Å². The Morgan fingerprint density at radius 3 is 2.57 bits per heavy atom. The zero-order chi connectivity index (χ0) is 20.1. The third-order valence-electron chi connectivity index (χ3n) is 3.70. The summed E-state index contributed by atoms with van der Waals surface area (Å²) >= 11 is 0. The van der Waals surface area contributed by atoms with E-state index in [-0.39, 0.29) is 12.4 Å². The highest BCUT2D eigenvalue weighted by Gasteiger charge is 2.25. The summed E-state index contributed by atoms with van der Waals surface area (Å²) in [6.45, 7) is 2.15. The Morgan fingerprint density at radius 2 is 1.89 bits per heavy atom. The molecule has 0 saturated heterocycles. The van der Waals surface area contributed by atoms with Crippen molar-refractivity contribution in [3.8, 4) is 11.4 Å². The fourth-order valence-electron chi connectivity index (χ4n) is 2.44. The predicted octanol–water partition coefficient (Wildman–Crippen LogP) is 1.45. The standard InChI is InChI=1S/C16H16N6O5S/c1-2-27-13-9-7-12(8-10-13)21-16(18-19-20-21)11-17-28(25,26)15-6-4-3-5-14(15)22(23)24/h3-10,17H,2,11H2,1H3. The molecular formula is C16H16N6O5S. The Kier molecular flexibility index (Phi) is 5.61. The molecule has 1 heterocycles. The minimum absolute atomic E-state index is 0.214. The van der Waals surface area contributed by atoms with Gasteiger partial charge in [-0.2, -0.15) is 4.68 Å². The number of hydrogen-bond donors (Lipinski definition) is 1. The summed E-state index contributed by atoms with van der Waals surface area (Å²) in [4.78, 5) is 9.90. The number of hydrogen-bond acceptors (Lipinski definition) is 8. The van der Waals surface area contributed by atoms with Crippen LogP contribution in [0.4, 0.5) is 5.69 Å². The van der Waals surface area contributed by atoms with E-state index in [2.05, 4.69) is 20.2 Å². The summed E-state index contributed by atoms with van der Waals surface area (Å²) in [5.41, 5.74) is 0.0921. The van der Waals surface area contributed by atoms with Crippen molar-refractivity contribution in [3.63, 3.8) is 0 Å². The molecule has 0 saturated carbocycles. The molecule has 2 aromatic carbocycles. The average Bonchev–Trinajstić information content (AvgIpc) is 3.16. The molecule has 1 N–H and O–H groups in total. The maximum atomic E-state index is 12.5. The minimum Gasteiger partial charge on any atom is -0.494 e. The Balaban J connectivity index is 1.81. The van der Waals surface area contributed by atoms with Crippen LogP contribution in [0.5, 0.6) is 5.75 Å². The van der Waals surface area contributed by atoms with Gasteiger partial charge in [0.15, 0.2) is 10.7 Å². The number of rotatable bonds is 8. The van der Waals surface area contributed by atoms with E-state index in [1.165, 1.54) is 16.8 Å². The van der Waals surface area contributed by atoms with Gasteiger partial charge in [-0.05, 0) is 47.7 Å². The average molecular weight is 404 g/mol. The number of sulfonamides is 1. The van der Waals surface area contributed by atoms with Crippen LogP contribution in [0.1, 0.15) is 12.7 Å². The molecule has 1 aromatic heterocycles. The monoisotopic (exact) mass is 404 g/mol. The fraction of sp³-hybridized carbons (Fsp3) is 0.188. The van der Waals surface area contributed by atoms with Crippen molar-refractivity contribution in [1.29, 1.82) is 0 Å². The van der Waals surface area contributed by atoms with Crippen LogP contribution in [-0.2, 0) is 16.6 Å². The highest BCUT2D eigenvalue weighted by Crippen LogP contribution is 2.23. The lowest BCUT2D eigenvalue weighted by atomic mass is 10.3. The Bertz CT molecular complexity index is 1080. The van der Waals surface area contributed by atoms with Gasteiger partial charge in [0.1, 0.15) is 5.75 Å². The number of nitro groups is 1. The van der Waals surface area contributed by atoms with Crippen molar-refractivity contribution < 1.29 is 18.1 Å². The van der Waals surface area contributed by atoms with E-state index in [0.29, 0.717) is 18.0 Å². The number of nitro benzene ring substituents is 1. The smallest absolute Gasteiger partial charge is 0.289 e. The largest absolute Gasteiger partial charge is 0.494 e. The number of nitrogens with zero attached hydrogens (tertiary/aromatic N) is 5. The Hall–Kier alpha value is -3.38. The van der Waals surface area contributed by atoms with Crippen molar-refractivity contribution in [2.75, 3.05) is 6.61 Å². The number of ether oxygens (including phenoxy) is 1. The first-order chi connectivity index (χ1) is 13.4. The maximum Gasteiger partial charge on any atom is 0.289 e. The van der Waals surface area contributed by atoms with E-state index in [9.17, 15) is 18.5 Å². The van der Waals surface area contributed by atoms with E-state index in [0.717, 1.165) is 12.1 Å². The van der Waals surface area contributed by atoms with Crippen LogP contribution in [0.15, 0.2) is 53.4 Å². The van der Waals surface area contributed by atoms with Crippen molar-refractivity contribution >= 4 is 15.7 Å². The summed E-state index contributed by atoms with van der Waals surface area (Å²) in [5, 5.41) is 22.3. The number of para-hydroxylation sites is 1. The van der Waals surface area contributed by atoms with Gasteiger partial charge < -0.3 is 4.74 Å². The van der Waals surface area contributed by atoms with E-state index in [1.54, 1.807) is 24.3 Å². The van der Waals surface area contributed by atoms with Gasteiger partial charge in [-0.1, -0.05) is 12.1 Å². The summed E-state index contributed by atoms with van der Waals surface area (Å²) in [7, 11) is -4.15. The quantitative estimate of drug-likeness (QED) is 0.439. The van der Waals surface area contributed by atoms with Gasteiger partial charge >= 0.3 is 0 Å². The molecule has 0 unspecified atom stereocenters. The molecule has 12 heteroatoms. The fourth-order valence-corrected chi connectivity index (χ4v) is 3.59. The third kappa shape index (κ3) is 4.13. The maximum absolute atomic E-state index is 12.5. The topological polar surface area (TPSA) is 142 Å². The predicted molar refractivity (Wildman–Crippen MR) is 97.4 cm³/mol. The van der Waals surface area contributed by atoms with Crippen LogP contribution in [0.3, 0.4) is 0 Å². The number of nitrogens with one attached hydrogen (secondary N) is 1. The van der Waals surface area contributed by atoms with Crippen LogP contribution >= 0.6 is 0 Å². The lowest BCUT2D eigenvalue weighted by Gasteiger charge is -2.08. The molecule has 28 heavy (non-hydrogen) atoms. The molecule has 0 aliphatic heterocycles. The van der Waals surface area contributed by atoms with Crippen LogP contribution in [0.2, 0.25) is 0 Å². The molecule has 0 aliphatic carbocycles. The number of aromatic nitrogens is 4. The van der Waals surface area contributed by atoms with E-state index >= 15 is 0 Å². The van der Waals surface area contributed by atoms with Gasteiger partial charge in [0.05, 0.1) is 23.8 Å². The summed E-state index contributed by atoms with van der Waals surface area (Å²) in [6, 6.07) is 12.0. The Labute approximate surface area is 160 Å². The minimum atomic E-state index is -4.15. The summed E-state index contributed by atoms with van der Waals surface area (Å²) in [5.74, 6) is 0.893. The van der Waals surface area contributed by atoms with E-state index in [1.807, 2.05) is 6.92 Å². The first-order valence-electron chi connectivity index (χ1n) is 8.16. The molecule has 146 valence electrons. The Morgan fingerprint density at radius 1 is 1.18 bits per heavy atom. The normalized spacial score (nSPS) is 11.3. The lowest BCUT2D eigenvalue weighted by Crippen LogP contribution is -2.25. The zero-order valence-electron chi connectivity index (χ0n) is 14.7. The van der Waals surface area contributed by atoms with Gasteiger partial charge in [0.25, 0.3) is 5.69 Å². The second-order valence-corrected chi connectivity index (χ2v) is 7.22. The van der Waals surface area contributed by atoms with Gasteiger partial charge in [0.2, 0.25) is 10.0 Å². The van der Waals surface area contributed by atoms with Crippen molar-refractivity contribution in [2.45, 2.75) is 18.4 Å². The molecule has 0 fully saturated rings. The number of benzene rings is 2. The second-order valence-electron chi connectivity index (χ2n) is 5.48. The molecular weight excluding hydrogens is 388 g/mol. The molecule has 0 radical (unpaired) electrons. The lowest BCUT2D eigenvalue weighted by molar-refractivity contribution is -0.387. The van der Waals surface area contributed by atoms with Crippen LogP contribution in [0.25, 0.3) is 5.69 Å². The molecule has 0 spiro atoms. The second kappa shape index (κ2) is 8.10. The van der Waals surface area contributed by atoms with Crippen molar-refractivity contribution in [3.05, 3.63) is 64.5 Å². The van der Waals surface area contributed by atoms with Crippen molar-refractivity contribution in [1.82, 2.24) is 24.9 Å². The zero-order valence-corrected chi connectivity index (χ0v) is 15.5. The highest BCUT2D eigenvalue weighted by atomic mass is 32.2. The van der Waals surface area contributed by atoms with E-state index < -0.39 is 25.5 Å². The van der Waals surface area contributed by atoms with E-state index in [4.69, 9.17) is 4.74 Å². The van der Waals surface area contributed by atoms with Crippen LogP contribution in [0, 0.1) is 10.1 Å². The first-order valence-corrected chi connectivity index (χ1v) is 9.64. The van der Waals surface area contributed by atoms with Gasteiger partial charge in [-0.3, -0.25) is 10.1 Å². The van der Waals surface area contributed by atoms with Gasteiger partial charge in [-0.25, -0.2) is 13.1 Å². The van der Waals surface area contributed by atoms with Gasteiger partial charge in [-0.15, -0.1) is 5.10 Å². The third-order valence-corrected chi connectivity index (χ3v) is 5.15. The molecule has 0 aliphatic rings. The molecule has 0 atom stereocenters. The van der Waals surface area contributed by atoms with Crippen LogP contribution < -0.4 is 9.46 Å². The summed E-state index contributed by atoms with van der Waals surface area (Å²) in [6.07, 6.45) is 0. The summed E-state index contributed by atoms with van der Waals surface area (Å²) < 4.78 is 34.0. The molecule has 3 rings (SSSR count).